The van der Waals surface area contributed by atoms with Crippen molar-refractivity contribution in [2.24, 2.45) is 0 Å². The molecule has 0 spiro atoms. The lowest BCUT2D eigenvalue weighted by Crippen LogP contribution is -2.02. The molecule has 0 aliphatic heterocycles. The third-order valence-corrected chi connectivity index (χ3v) is 4.13. The first kappa shape index (κ1) is 15.6. The Bertz CT molecular complexity index is 903. The lowest BCUT2D eigenvalue weighted by atomic mass is 10.1. The first-order valence-electron chi connectivity index (χ1n) is 6.81. The number of carboxylic acid groups (broad SMARTS) is 1. The van der Waals surface area contributed by atoms with E-state index >= 15 is 0 Å². The second-order valence-electron chi connectivity index (χ2n) is 5.10. The third-order valence-electron chi connectivity index (χ3n) is 3.39. The van der Waals surface area contributed by atoms with E-state index in [2.05, 4.69) is 5.10 Å². The average molecular weight is 347 g/mol. The summed E-state index contributed by atoms with van der Waals surface area (Å²) in [5, 5.41) is 14.2. The number of hydrogen-bond acceptors (Lipinski definition) is 2. The SMILES string of the molecule is Cc1cccc(-c2cc(C(=O)O)nn2-c2ccc(Cl)c(Cl)c2)c1. The molecule has 0 atom stereocenters. The summed E-state index contributed by atoms with van der Waals surface area (Å²) in [6.45, 7) is 1.97. The van der Waals surface area contributed by atoms with Gasteiger partial charge in [-0.1, -0.05) is 47.0 Å². The molecule has 0 fully saturated rings. The summed E-state index contributed by atoms with van der Waals surface area (Å²) < 4.78 is 1.56. The summed E-state index contributed by atoms with van der Waals surface area (Å²) in [6, 6.07) is 14.4. The molecule has 23 heavy (non-hydrogen) atoms. The van der Waals surface area contributed by atoms with Gasteiger partial charge in [0.25, 0.3) is 0 Å². The standard InChI is InChI=1S/C17H12Cl2N2O2/c1-10-3-2-4-11(7-10)16-9-15(17(22)23)20-21(16)12-5-6-13(18)14(19)8-12/h2-9H,1H3,(H,22,23). The number of carbonyl (C=O) groups is 1. The monoisotopic (exact) mass is 346 g/mol. The Morgan fingerprint density at radius 3 is 2.52 bits per heavy atom. The number of rotatable bonds is 3. The quantitative estimate of drug-likeness (QED) is 0.737. The molecule has 3 rings (SSSR count). The first-order valence-corrected chi connectivity index (χ1v) is 7.57. The molecule has 1 aromatic heterocycles. The van der Waals surface area contributed by atoms with E-state index in [9.17, 15) is 9.90 Å². The Kier molecular flexibility index (Phi) is 4.11. The molecule has 0 saturated heterocycles. The topological polar surface area (TPSA) is 55.1 Å². The van der Waals surface area contributed by atoms with Crippen LogP contribution in [0.4, 0.5) is 0 Å². The van der Waals surface area contributed by atoms with Gasteiger partial charge in [-0.3, -0.25) is 0 Å². The van der Waals surface area contributed by atoms with Crippen LogP contribution in [0.1, 0.15) is 16.1 Å². The van der Waals surface area contributed by atoms with E-state index in [1.807, 2.05) is 31.2 Å². The Morgan fingerprint density at radius 2 is 1.87 bits per heavy atom. The van der Waals surface area contributed by atoms with Crippen molar-refractivity contribution < 1.29 is 9.90 Å². The lowest BCUT2D eigenvalue weighted by Gasteiger charge is -2.09. The number of aromatic carboxylic acids is 1. The van der Waals surface area contributed by atoms with E-state index in [0.29, 0.717) is 21.4 Å². The van der Waals surface area contributed by atoms with Gasteiger partial charge in [0.05, 0.1) is 21.4 Å². The van der Waals surface area contributed by atoms with Crippen molar-refractivity contribution in [3.05, 3.63) is 69.8 Å². The zero-order chi connectivity index (χ0) is 16.6. The molecular formula is C17H12Cl2N2O2. The largest absolute Gasteiger partial charge is 0.476 e. The van der Waals surface area contributed by atoms with E-state index in [-0.39, 0.29) is 5.69 Å². The minimum atomic E-state index is -1.09. The lowest BCUT2D eigenvalue weighted by molar-refractivity contribution is 0.0690. The van der Waals surface area contributed by atoms with Crippen molar-refractivity contribution in [3.8, 4) is 16.9 Å². The molecule has 0 aliphatic carbocycles. The molecular weight excluding hydrogens is 335 g/mol. The van der Waals surface area contributed by atoms with Crippen LogP contribution in [0.15, 0.2) is 48.5 Å². The van der Waals surface area contributed by atoms with Gasteiger partial charge in [0.1, 0.15) is 0 Å². The van der Waals surface area contributed by atoms with Gasteiger partial charge in [0.15, 0.2) is 5.69 Å². The van der Waals surface area contributed by atoms with Crippen molar-refractivity contribution in [1.29, 1.82) is 0 Å². The van der Waals surface area contributed by atoms with Gasteiger partial charge >= 0.3 is 5.97 Å². The minimum Gasteiger partial charge on any atom is -0.476 e. The fraction of sp³-hybridized carbons (Fsp3) is 0.0588. The van der Waals surface area contributed by atoms with Crippen LogP contribution in [0.5, 0.6) is 0 Å². The molecule has 1 heterocycles. The highest BCUT2D eigenvalue weighted by Gasteiger charge is 2.16. The molecule has 0 aliphatic rings. The Labute approximate surface area is 142 Å². The number of benzene rings is 2. The summed E-state index contributed by atoms with van der Waals surface area (Å²) in [7, 11) is 0. The van der Waals surface area contributed by atoms with Gasteiger partial charge in [-0.25, -0.2) is 9.48 Å². The van der Waals surface area contributed by atoms with Crippen LogP contribution in [0.3, 0.4) is 0 Å². The molecule has 0 radical (unpaired) electrons. The second-order valence-corrected chi connectivity index (χ2v) is 5.91. The molecule has 3 aromatic rings. The molecule has 0 saturated carbocycles. The van der Waals surface area contributed by atoms with Crippen molar-refractivity contribution in [2.45, 2.75) is 6.92 Å². The Hall–Kier alpha value is -2.30. The van der Waals surface area contributed by atoms with Gasteiger partial charge in [-0.05, 0) is 37.3 Å². The number of aryl methyl sites for hydroxylation is 1. The highest BCUT2D eigenvalue weighted by atomic mass is 35.5. The zero-order valence-electron chi connectivity index (χ0n) is 12.1. The van der Waals surface area contributed by atoms with Gasteiger partial charge < -0.3 is 5.11 Å². The van der Waals surface area contributed by atoms with Gasteiger partial charge in [0, 0.05) is 5.56 Å². The first-order chi connectivity index (χ1) is 11.0. The predicted molar refractivity (Wildman–Crippen MR) is 90.7 cm³/mol. The van der Waals surface area contributed by atoms with Crippen LogP contribution < -0.4 is 0 Å². The van der Waals surface area contributed by atoms with E-state index in [0.717, 1.165) is 11.1 Å². The highest BCUT2D eigenvalue weighted by Crippen LogP contribution is 2.29. The number of halogens is 2. The summed E-state index contributed by atoms with van der Waals surface area (Å²) >= 11 is 12.0. The number of aromatic nitrogens is 2. The summed E-state index contributed by atoms with van der Waals surface area (Å²) in [5.74, 6) is -1.09. The van der Waals surface area contributed by atoms with Crippen LogP contribution in [0.2, 0.25) is 10.0 Å². The normalized spacial score (nSPS) is 10.7. The maximum atomic E-state index is 11.3. The maximum Gasteiger partial charge on any atom is 0.356 e. The summed E-state index contributed by atoms with van der Waals surface area (Å²) in [4.78, 5) is 11.3. The van der Waals surface area contributed by atoms with Crippen molar-refractivity contribution in [1.82, 2.24) is 9.78 Å². The van der Waals surface area contributed by atoms with E-state index in [4.69, 9.17) is 23.2 Å². The van der Waals surface area contributed by atoms with Gasteiger partial charge in [-0.2, -0.15) is 5.10 Å². The predicted octanol–water partition coefficient (Wildman–Crippen LogP) is 4.85. The van der Waals surface area contributed by atoms with Crippen molar-refractivity contribution in [3.63, 3.8) is 0 Å². The Morgan fingerprint density at radius 1 is 1.09 bits per heavy atom. The molecule has 2 aromatic carbocycles. The Balaban J connectivity index is 2.22. The van der Waals surface area contributed by atoms with Crippen LogP contribution >= 0.6 is 23.2 Å². The number of carboxylic acids is 1. The van der Waals surface area contributed by atoms with Crippen molar-refractivity contribution in [2.75, 3.05) is 0 Å². The number of hydrogen-bond donors (Lipinski definition) is 1. The maximum absolute atomic E-state index is 11.3. The molecule has 0 amide bonds. The zero-order valence-corrected chi connectivity index (χ0v) is 13.6. The van der Waals surface area contributed by atoms with Crippen molar-refractivity contribution >= 4 is 29.2 Å². The van der Waals surface area contributed by atoms with E-state index in [1.54, 1.807) is 28.9 Å². The van der Waals surface area contributed by atoms with Crippen LogP contribution in [-0.4, -0.2) is 20.9 Å². The molecule has 0 unspecified atom stereocenters. The third kappa shape index (κ3) is 3.09. The molecule has 116 valence electrons. The molecule has 4 nitrogen and oxygen atoms in total. The van der Waals surface area contributed by atoms with Gasteiger partial charge in [-0.15, -0.1) is 0 Å². The van der Waals surface area contributed by atoms with E-state index < -0.39 is 5.97 Å². The summed E-state index contributed by atoms with van der Waals surface area (Å²) in [6.07, 6.45) is 0. The highest BCUT2D eigenvalue weighted by molar-refractivity contribution is 6.42. The van der Waals surface area contributed by atoms with Crippen LogP contribution in [0.25, 0.3) is 16.9 Å². The minimum absolute atomic E-state index is 0.0346. The molecule has 6 heteroatoms. The summed E-state index contributed by atoms with van der Waals surface area (Å²) in [5.41, 5.74) is 3.22. The fourth-order valence-corrected chi connectivity index (χ4v) is 2.60. The fourth-order valence-electron chi connectivity index (χ4n) is 2.31. The van der Waals surface area contributed by atoms with Crippen LogP contribution in [-0.2, 0) is 0 Å². The molecule has 1 N–H and O–H groups in total. The number of nitrogens with zero attached hydrogens (tertiary/aromatic N) is 2. The molecule has 0 bridgehead atoms. The van der Waals surface area contributed by atoms with Gasteiger partial charge in [0.2, 0.25) is 0 Å². The second kappa shape index (κ2) is 6.07. The van der Waals surface area contributed by atoms with Crippen LogP contribution in [0, 0.1) is 6.92 Å². The van der Waals surface area contributed by atoms with E-state index in [1.165, 1.54) is 0 Å². The average Bonchev–Trinajstić information content (AvgIpc) is 2.95. The smallest absolute Gasteiger partial charge is 0.356 e.